The summed E-state index contributed by atoms with van der Waals surface area (Å²) in [6, 6.07) is 15.2. The van der Waals surface area contributed by atoms with E-state index in [2.05, 4.69) is 5.32 Å². The molecule has 3 aromatic rings. The van der Waals surface area contributed by atoms with Crippen LogP contribution in [0.4, 0.5) is 14.9 Å². The zero-order chi connectivity index (χ0) is 19.0. The van der Waals surface area contributed by atoms with Gasteiger partial charge in [-0.2, -0.15) is 0 Å². The summed E-state index contributed by atoms with van der Waals surface area (Å²) in [5.41, 5.74) is 0.721. The van der Waals surface area contributed by atoms with Gasteiger partial charge in [0.15, 0.2) is 0 Å². The molecule has 0 spiro atoms. The fourth-order valence-electron chi connectivity index (χ4n) is 2.76. The van der Waals surface area contributed by atoms with Gasteiger partial charge in [-0.05, 0) is 42.5 Å². The van der Waals surface area contributed by atoms with Crippen molar-refractivity contribution in [2.24, 2.45) is 0 Å². The van der Waals surface area contributed by atoms with Crippen LogP contribution in [0.1, 0.15) is 5.76 Å². The van der Waals surface area contributed by atoms with Crippen LogP contribution >= 0.6 is 11.6 Å². The summed E-state index contributed by atoms with van der Waals surface area (Å²) in [6.45, 7) is 0. The van der Waals surface area contributed by atoms with E-state index in [-0.39, 0.29) is 5.70 Å². The molecule has 0 aliphatic carbocycles. The SMILES string of the molecule is O=C1NC(=Cc2ccc(-c3ccccc3F)o2)C(=O)N1c1cccc(Cl)c1. The zero-order valence-electron chi connectivity index (χ0n) is 13.8. The molecular weight excluding hydrogens is 371 g/mol. The average molecular weight is 383 g/mol. The van der Waals surface area contributed by atoms with Crippen LogP contribution in [0.15, 0.2) is 70.8 Å². The predicted molar refractivity (Wildman–Crippen MR) is 99.5 cm³/mol. The summed E-state index contributed by atoms with van der Waals surface area (Å²) in [6.07, 6.45) is 1.40. The van der Waals surface area contributed by atoms with Crippen LogP contribution in [-0.4, -0.2) is 11.9 Å². The molecule has 0 bridgehead atoms. The van der Waals surface area contributed by atoms with Gasteiger partial charge in [-0.25, -0.2) is 14.1 Å². The van der Waals surface area contributed by atoms with Crippen LogP contribution in [0.2, 0.25) is 5.02 Å². The Kier molecular flexibility index (Phi) is 4.25. The number of furan rings is 1. The van der Waals surface area contributed by atoms with Gasteiger partial charge in [0.1, 0.15) is 23.0 Å². The molecule has 27 heavy (non-hydrogen) atoms. The molecule has 5 nitrogen and oxygen atoms in total. The van der Waals surface area contributed by atoms with E-state index < -0.39 is 17.8 Å². The Morgan fingerprint density at radius 3 is 2.63 bits per heavy atom. The second-order valence-electron chi connectivity index (χ2n) is 5.79. The molecule has 4 rings (SSSR count). The first-order chi connectivity index (χ1) is 13.0. The van der Waals surface area contributed by atoms with Gasteiger partial charge in [-0.3, -0.25) is 4.79 Å². The Balaban J connectivity index is 1.63. The molecule has 134 valence electrons. The second kappa shape index (κ2) is 6.74. The maximum atomic E-state index is 13.9. The van der Waals surface area contributed by atoms with E-state index in [9.17, 15) is 14.0 Å². The van der Waals surface area contributed by atoms with Gasteiger partial charge in [0.05, 0.1) is 11.3 Å². The van der Waals surface area contributed by atoms with Crippen LogP contribution in [-0.2, 0) is 4.79 Å². The highest BCUT2D eigenvalue weighted by Gasteiger charge is 2.35. The Morgan fingerprint density at radius 2 is 1.85 bits per heavy atom. The van der Waals surface area contributed by atoms with Gasteiger partial charge in [0, 0.05) is 11.1 Å². The number of urea groups is 1. The smallest absolute Gasteiger partial charge is 0.333 e. The largest absolute Gasteiger partial charge is 0.457 e. The van der Waals surface area contributed by atoms with Gasteiger partial charge in [0.2, 0.25) is 0 Å². The molecule has 1 aliphatic heterocycles. The average Bonchev–Trinajstić information content (AvgIpc) is 3.20. The topological polar surface area (TPSA) is 62.6 Å². The van der Waals surface area contributed by atoms with Crippen molar-refractivity contribution in [1.82, 2.24) is 5.32 Å². The third-order valence-electron chi connectivity index (χ3n) is 4.00. The van der Waals surface area contributed by atoms with Gasteiger partial charge in [0.25, 0.3) is 5.91 Å². The number of carbonyl (C=O) groups excluding carboxylic acids is 2. The molecule has 7 heteroatoms. The Morgan fingerprint density at radius 1 is 1.04 bits per heavy atom. The van der Waals surface area contributed by atoms with E-state index in [1.54, 1.807) is 48.5 Å². The van der Waals surface area contributed by atoms with Crippen molar-refractivity contribution < 1.29 is 18.4 Å². The van der Waals surface area contributed by atoms with E-state index in [0.29, 0.717) is 27.8 Å². The number of nitrogens with one attached hydrogen (secondary N) is 1. The van der Waals surface area contributed by atoms with Crippen LogP contribution in [0.5, 0.6) is 0 Å². The van der Waals surface area contributed by atoms with Crippen molar-refractivity contribution in [3.63, 3.8) is 0 Å². The molecule has 1 saturated heterocycles. The molecule has 3 amide bonds. The number of imide groups is 1. The third-order valence-corrected chi connectivity index (χ3v) is 4.23. The summed E-state index contributed by atoms with van der Waals surface area (Å²) in [5.74, 6) is -0.317. The Labute approximate surface area is 158 Å². The third kappa shape index (κ3) is 3.22. The fraction of sp³-hybridized carbons (Fsp3) is 0. The summed E-state index contributed by atoms with van der Waals surface area (Å²) in [7, 11) is 0. The fourth-order valence-corrected chi connectivity index (χ4v) is 2.95. The van der Waals surface area contributed by atoms with E-state index in [1.807, 2.05) is 0 Å². The zero-order valence-corrected chi connectivity index (χ0v) is 14.5. The molecule has 0 atom stereocenters. The van der Waals surface area contributed by atoms with E-state index in [0.717, 1.165) is 4.90 Å². The predicted octanol–water partition coefficient (Wildman–Crippen LogP) is 4.84. The highest BCUT2D eigenvalue weighted by atomic mass is 35.5. The monoisotopic (exact) mass is 382 g/mol. The van der Waals surface area contributed by atoms with Gasteiger partial charge >= 0.3 is 6.03 Å². The molecule has 0 unspecified atom stereocenters. The maximum Gasteiger partial charge on any atom is 0.333 e. The minimum absolute atomic E-state index is 0.0504. The van der Waals surface area contributed by atoms with Crippen molar-refractivity contribution in [3.8, 4) is 11.3 Å². The van der Waals surface area contributed by atoms with E-state index >= 15 is 0 Å². The molecule has 0 saturated carbocycles. The van der Waals surface area contributed by atoms with Crippen molar-refractivity contribution in [2.45, 2.75) is 0 Å². The van der Waals surface area contributed by atoms with Crippen molar-refractivity contribution in [1.29, 1.82) is 0 Å². The normalized spacial score (nSPS) is 15.5. The van der Waals surface area contributed by atoms with Gasteiger partial charge < -0.3 is 9.73 Å². The van der Waals surface area contributed by atoms with Crippen LogP contribution < -0.4 is 10.2 Å². The summed E-state index contributed by atoms with van der Waals surface area (Å²) >= 11 is 5.93. The maximum absolute atomic E-state index is 13.9. The lowest BCUT2D eigenvalue weighted by Gasteiger charge is -2.11. The Hall–Kier alpha value is -3.38. The molecule has 2 aromatic carbocycles. The van der Waals surface area contributed by atoms with Crippen LogP contribution in [0.25, 0.3) is 17.4 Å². The lowest BCUT2D eigenvalue weighted by molar-refractivity contribution is -0.113. The number of amides is 3. The number of nitrogens with zero attached hydrogens (tertiary/aromatic N) is 1. The number of hydrogen-bond donors (Lipinski definition) is 1. The quantitative estimate of drug-likeness (QED) is 0.521. The second-order valence-corrected chi connectivity index (χ2v) is 6.23. The Bertz CT molecular complexity index is 1090. The molecule has 1 N–H and O–H groups in total. The lowest BCUT2D eigenvalue weighted by atomic mass is 10.1. The number of halogens is 2. The number of anilines is 1. The summed E-state index contributed by atoms with van der Waals surface area (Å²) in [5, 5.41) is 2.91. The first kappa shape index (κ1) is 17.1. The minimum Gasteiger partial charge on any atom is -0.457 e. The lowest BCUT2D eigenvalue weighted by Crippen LogP contribution is -2.30. The summed E-state index contributed by atoms with van der Waals surface area (Å²) in [4.78, 5) is 25.8. The van der Waals surface area contributed by atoms with Crippen LogP contribution in [0, 0.1) is 5.82 Å². The van der Waals surface area contributed by atoms with Gasteiger partial charge in [-0.1, -0.05) is 29.8 Å². The number of benzene rings is 2. The van der Waals surface area contributed by atoms with Crippen molar-refractivity contribution >= 4 is 35.3 Å². The molecule has 2 heterocycles. The standard InChI is InChI=1S/C20H12ClFN2O3/c21-12-4-3-5-13(10-12)24-19(25)17(23-20(24)26)11-14-8-9-18(27-14)15-6-1-2-7-16(15)22/h1-11H,(H,23,26). The highest BCUT2D eigenvalue weighted by molar-refractivity contribution is 6.32. The number of carbonyl (C=O) groups is 2. The first-order valence-corrected chi connectivity index (χ1v) is 8.38. The molecule has 1 aliphatic rings. The molecule has 0 radical (unpaired) electrons. The first-order valence-electron chi connectivity index (χ1n) is 8.00. The minimum atomic E-state index is -0.589. The van der Waals surface area contributed by atoms with Crippen LogP contribution in [0.3, 0.4) is 0 Å². The number of hydrogen-bond acceptors (Lipinski definition) is 3. The van der Waals surface area contributed by atoms with E-state index in [1.165, 1.54) is 18.2 Å². The number of rotatable bonds is 3. The van der Waals surface area contributed by atoms with Crippen molar-refractivity contribution in [3.05, 3.63) is 83.0 Å². The summed E-state index contributed by atoms with van der Waals surface area (Å²) < 4.78 is 19.5. The molecule has 1 aromatic heterocycles. The highest BCUT2D eigenvalue weighted by Crippen LogP contribution is 2.28. The molecule has 1 fully saturated rings. The van der Waals surface area contributed by atoms with Crippen molar-refractivity contribution in [2.75, 3.05) is 4.90 Å². The van der Waals surface area contributed by atoms with E-state index in [4.69, 9.17) is 16.0 Å². The molecular formula is C20H12ClFN2O3. The van der Waals surface area contributed by atoms with Gasteiger partial charge in [-0.15, -0.1) is 0 Å².